The summed E-state index contributed by atoms with van der Waals surface area (Å²) in [6, 6.07) is 8.93. The Kier molecular flexibility index (Phi) is 6.05. The van der Waals surface area contributed by atoms with Crippen LogP contribution in [0.2, 0.25) is 0 Å². The fourth-order valence-corrected chi connectivity index (χ4v) is 3.90. The first-order valence-electron chi connectivity index (χ1n) is 7.93. The molecule has 0 aliphatic rings. The molecule has 0 aliphatic carbocycles. The van der Waals surface area contributed by atoms with E-state index in [9.17, 15) is 31.5 Å². The first-order chi connectivity index (χ1) is 12.8. The van der Waals surface area contributed by atoms with Gasteiger partial charge in [-0.1, -0.05) is 0 Å². The molecule has 0 aliphatic heterocycles. The maximum atomic E-state index is 12.6. The van der Waals surface area contributed by atoms with Crippen LogP contribution in [0.4, 0.5) is 18.9 Å². The number of carbonyl (C=O) groups excluding carboxylic acids is 1. The minimum absolute atomic E-state index is 0.0138. The van der Waals surface area contributed by atoms with Gasteiger partial charge in [0.05, 0.1) is 23.3 Å². The van der Waals surface area contributed by atoms with E-state index < -0.39 is 38.8 Å². The molecule has 2 aromatic carbocycles. The van der Waals surface area contributed by atoms with E-state index in [4.69, 9.17) is 4.74 Å². The number of methoxy groups -OCH3 is 1. The van der Waals surface area contributed by atoms with E-state index in [1.54, 1.807) is 0 Å². The van der Waals surface area contributed by atoms with Gasteiger partial charge in [0.1, 0.15) is 5.75 Å². The van der Waals surface area contributed by atoms with Gasteiger partial charge in [-0.3, -0.25) is 4.79 Å². The summed E-state index contributed by atoms with van der Waals surface area (Å²) in [4.78, 5) is 12.1. The summed E-state index contributed by atoms with van der Waals surface area (Å²) in [5.41, 5.74) is -3.24. The maximum absolute atomic E-state index is 12.6. The van der Waals surface area contributed by atoms with Crippen LogP contribution in [0.25, 0.3) is 0 Å². The predicted octanol–water partition coefficient (Wildman–Crippen LogP) is 2.88. The molecule has 10 heteroatoms. The van der Waals surface area contributed by atoms with Crippen LogP contribution in [0.3, 0.4) is 0 Å². The third-order valence-electron chi connectivity index (χ3n) is 3.85. The number of halogens is 3. The van der Waals surface area contributed by atoms with E-state index in [0.717, 1.165) is 31.2 Å². The van der Waals surface area contributed by atoms with Gasteiger partial charge in [-0.15, -0.1) is 0 Å². The highest BCUT2D eigenvalue weighted by Gasteiger charge is 2.37. The van der Waals surface area contributed by atoms with Crippen molar-refractivity contribution in [1.82, 2.24) is 0 Å². The molecule has 0 spiro atoms. The van der Waals surface area contributed by atoms with Crippen molar-refractivity contribution in [2.45, 2.75) is 23.6 Å². The van der Waals surface area contributed by atoms with Crippen molar-refractivity contribution in [2.24, 2.45) is 0 Å². The molecule has 0 unspecified atom stereocenters. The highest BCUT2D eigenvalue weighted by atomic mass is 32.2. The average Bonchev–Trinajstić information content (AvgIpc) is 2.60. The number of hydrogen-bond acceptors (Lipinski definition) is 5. The molecule has 0 saturated carbocycles. The van der Waals surface area contributed by atoms with Crippen LogP contribution < -0.4 is 10.1 Å². The molecule has 2 N–H and O–H groups in total. The van der Waals surface area contributed by atoms with Crippen LogP contribution in [-0.2, 0) is 20.8 Å². The second kappa shape index (κ2) is 7.80. The average molecular weight is 417 g/mol. The topological polar surface area (TPSA) is 92.7 Å². The van der Waals surface area contributed by atoms with Gasteiger partial charge in [0.15, 0.2) is 15.4 Å². The van der Waals surface area contributed by atoms with Gasteiger partial charge in [0.25, 0.3) is 5.91 Å². The van der Waals surface area contributed by atoms with Gasteiger partial charge in [-0.25, -0.2) is 8.42 Å². The third kappa shape index (κ3) is 5.23. The molecule has 1 atom stereocenters. The molecule has 152 valence electrons. The zero-order valence-corrected chi connectivity index (χ0v) is 15.8. The summed E-state index contributed by atoms with van der Waals surface area (Å²) in [7, 11) is -2.60. The number of nitrogens with one attached hydrogen (secondary N) is 1. The zero-order chi connectivity index (χ0) is 21.2. The molecule has 6 nitrogen and oxygen atoms in total. The zero-order valence-electron chi connectivity index (χ0n) is 14.9. The van der Waals surface area contributed by atoms with Crippen LogP contribution in [-0.4, -0.2) is 37.9 Å². The van der Waals surface area contributed by atoms with E-state index in [1.807, 2.05) is 0 Å². The lowest BCUT2D eigenvalue weighted by Gasteiger charge is -2.22. The minimum atomic E-state index is -4.53. The summed E-state index contributed by atoms with van der Waals surface area (Å²) < 4.78 is 67.5. The molecule has 0 radical (unpaired) electrons. The first kappa shape index (κ1) is 21.7. The number of aliphatic hydroxyl groups is 1. The number of rotatable bonds is 6. The number of ether oxygens (including phenoxy) is 1. The van der Waals surface area contributed by atoms with Crippen molar-refractivity contribution in [2.75, 3.05) is 18.2 Å². The lowest BCUT2D eigenvalue weighted by atomic mass is 10.1. The van der Waals surface area contributed by atoms with Gasteiger partial charge in [-0.05, 0) is 55.5 Å². The van der Waals surface area contributed by atoms with E-state index in [-0.39, 0.29) is 10.6 Å². The Morgan fingerprint density at radius 3 is 2.07 bits per heavy atom. The van der Waals surface area contributed by atoms with E-state index >= 15 is 0 Å². The Hall–Kier alpha value is -2.59. The number of benzene rings is 2. The molecule has 0 aromatic heterocycles. The number of anilines is 1. The summed E-state index contributed by atoms with van der Waals surface area (Å²) in [5, 5.41) is 12.5. The van der Waals surface area contributed by atoms with Crippen molar-refractivity contribution in [3.63, 3.8) is 0 Å². The van der Waals surface area contributed by atoms with Gasteiger partial charge in [-0.2, -0.15) is 13.2 Å². The third-order valence-corrected chi connectivity index (χ3v) is 5.78. The summed E-state index contributed by atoms with van der Waals surface area (Å²) in [6.07, 6.45) is -4.53. The number of sulfone groups is 1. The standard InChI is InChI=1S/C18H18F3NO5S/c1-17(24,11-28(25,26)15-9-7-14(27-2)8-10-15)16(23)22-13-5-3-12(4-6-13)18(19,20)21/h3-10,24H,11H2,1-2H3,(H,22,23)/t17-/m0/s1. The van der Waals surface area contributed by atoms with Crippen molar-refractivity contribution < 1.29 is 36.2 Å². The van der Waals surface area contributed by atoms with Crippen LogP contribution in [0, 0.1) is 0 Å². The molecule has 0 saturated heterocycles. The molecular formula is C18H18F3NO5S. The summed E-state index contributed by atoms with van der Waals surface area (Å²) in [6.45, 7) is 1.01. The Morgan fingerprint density at radius 2 is 1.61 bits per heavy atom. The predicted molar refractivity (Wildman–Crippen MR) is 95.7 cm³/mol. The van der Waals surface area contributed by atoms with Crippen LogP contribution in [0.5, 0.6) is 5.75 Å². The molecule has 0 bridgehead atoms. The monoisotopic (exact) mass is 417 g/mol. The number of alkyl halides is 3. The molecule has 0 heterocycles. The number of hydrogen-bond donors (Lipinski definition) is 2. The molecule has 2 aromatic rings. The van der Waals surface area contributed by atoms with E-state index in [1.165, 1.54) is 31.4 Å². The molecule has 28 heavy (non-hydrogen) atoms. The SMILES string of the molecule is COc1ccc(S(=O)(=O)C[C@](C)(O)C(=O)Nc2ccc(C(F)(F)F)cc2)cc1. The van der Waals surface area contributed by atoms with Gasteiger partial charge in [0, 0.05) is 5.69 Å². The first-order valence-corrected chi connectivity index (χ1v) is 9.58. The molecular weight excluding hydrogens is 399 g/mol. The van der Waals surface area contributed by atoms with Gasteiger partial charge < -0.3 is 15.2 Å². The van der Waals surface area contributed by atoms with Gasteiger partial charge in [0.2, 0.25) is 0 Å². The second-order valence-electron chi connectivity index (χ2n) is 6.24. The second-order valence-corrected chi connectivity index (χ2v) is 8.23. The normalized spacial score (nSPS) is 14.2. The Morgan fingerprint density at radius 1 is 1.07 bits per heavy atom. The fourth-order valence-electron chi connectivity index (χ4n) is 2.31. The molecule has 0 fully saturated rings. The fraction of sp³-hybridized carbons (Fsp3) is 0.278. The van der Waals surface area contributed by atoms with Gasteiger partial charge >= 0.3 is 6.18 Å². The quantitative estimate of drug-likeness (QED) is 0.754. The maximum Gasteiger partial charge on any atom is 0.416 e. The lowest BCUT2D eigenvalue weighted by Crippen LogP contribution is -2.45. The largest absolute Gasteiger partial charge is 0.497 e. The van der Waals surface area contributed by atoms with Crippen molar-refractivity contribution >= 4 is 21.4 Å². The highest BCUT2D eigenvalue weighted by Crippen LogP contribution is 2.30. The number of amides is 1. The summed E-state index contributed by atoms with van der Waals surface area (Å²) >= 11 is 0. The van der Waals surface area contributed by atoms with Crippen LogP contribution in [0.15, 0.2) is 53.4 Å². The number of carbonyl (C=O) groups is 1. The van der Waals surface area contributed by atoms with Crippen molar-refractivity contribution in [1.29, 1.82) is 0 Å². The van der Waals surface area contributed by atoms with Crippen molar-refractivity contribution in [3.8, 4) is 5.75 Å². The minimum Gasteiger partial charge on any atom is -0.497 e. The Bertz CT molecular complexity index is 937. The molecule has 1 amide bonds. The van der Waals surface area contributed by atoms with Crippen LogP contribution in [0.1, 0.15) is 12.5 Å². The van der Waals surface area contributed by atoms with E-state index in [0.29, 0.717) is 5.75 Å². The smallest absolute Gasteiger partial charge is 0.416 e. The molecule has 2 rings (SSSR count). The van der Waals surface area contributed by atoms with Crippen molar-refractivity contribution in [3.05, 3.63) is 54.1 Å². The lowest BCUT2D eigenvalue weighted by molar-refractivity contribution is -0.137. The Labute approximate surface area is 159 Å². The Balaban J connectivity index is 2.13. The highest BCUT2D eigenvalue weighted by molar-refractivity contribution is 7.91. The van der Waals surface area contributed by atoms with Crippen LogP contribution >= 0.6 is 0 Å². The summed E-state index contributed by atoms with van der Waals surface area (Å²) in [5.74, 6) is -1.55. The van der Waals surface area contributed by atoms with E-state index in [2.05, 4.69) is 5.32 Å².